The molecule has 1 aliphatic rings. The lowest BCUT2D eigenvalue weighted by atomic mass is 9.92. The van der Waals surface area contributed by atoms with Crippen molar-refractivity contribution < 1.29 is 0 Å². The largest absolute Gasteiger partial charge is 0.298 e. The van der Waals surface area contributed by atoms with Gasteiger partial charge in [-0.1, -0.05) is 20.8 Å². The molecule has 1 aliphatic heterocycles. The number of likely N-dealkylation sites (tertiary alicyclic amines) is 1. The molecule has 1 saturated heterocycles. The van der Waals surface area contributed by atoms with E-state index in [-0.39, 0.29) is 11.0 Å². The third kappa shape index (κ3) is 4.76. The number of piperidine rings is 1. The Morgan fingerprint density at radius 1 is 1.24 bits per heavy atom. The fourth-order valence-electron chi connectivity index (χ4n) is 3.25. The summed E-state index contributed by atoms with van der Waals surface area (Å²) in [7, 11) is 0. The zero-order valence-corrected chi connectivity index (χ0v) is 16.5. The van der Waals surface area contributed by atoms with Crippen LogP contribution in [0.3, 0.4) is 0 Å². The number of aryl methyl sites for hydroxylation is 1. The lowest BCUT2D eigenvalue weighted by Gasteiger charge is -2.31. The predicted octanol–water partition coefficient (Wildman–Crippen LogP) is 3.22. The van der Waals surface area contributed by atoms with Crippen molar-refractivity contribution in [3.63, 3.8) is 0 Å². The standard InChI is InChI=1S/C19H28N4OS/c1-14-20-11-16(25-14)13-22-9-7-15(8-10-22)12-23-18(24)6-5-17(21-23)19(2,3)4/h5-6,11,15H,7-10,12-13H2,1-4H3. The number of nitrogens with zero attached hydrogens (tertiary/aromatic N) is 4. The Hall–Kier alpha value is -1.53. The van der Waals surface area contributed by atoms with Crippen molar-refractivity contribution in [2.75, 3.05) is 13.1 Å². The average molecular weight is 361 g/mol. The van der Waals surface area contributed by atoms with E-state index in [1.54, 1.807) is 22.1 Å². The van der Waals surface area contributed by atoms with Gasteiger partial charge in [-0.05, 0) is 44.8 Å². The molecule has 0 radical (unpaired) electrons. The Balaban J connectivity index is 1.58. The topological polar surface area (TPSA) is 51.0 Å². The molecule has 1 fully saturated rings. The number of thiazole rings is 1. The van der Waals surface area contributed by atoms with Crippen LogP contribution in [0.15, 0.2) is 23.1 Å². The number of hydrogen-bond donors (Lipinski definition) is 0. The molecule has 6 heteroatoms. The van der Waals surface area contributed by atoms with Gasteiger partial charge in [-0.25, -0.2) is 9.67 Å². The van der Waals surface area contributed by atoms with E-state index in [1.165, 1.54) is 4.88 Å². The molecule has 0 bridgehead atoms. The summed E-state index contributed by atoms with van der Waals surface area (Å²) in [5, 5.41) is 5.74. The van der Waals surface area contributed by atoms with Crippen LogP contribution in [0.5, 0.6) is 0 Å². The van der Waals surface area contributed by atoms with Crippen molar-refractivity contribution >= 4 is 11.3 Å². The summed E-state index contributed by atoms with van der Waals surface area (Å²) in [6.07, 6.45) is 4.23. The molecule has 5 nitrogen and oxygen atoms in total. The van der Waals surface area contributed by atoms with Gasteiger partial charge < -0.3 is 0 Å². The maximum atomic E-state index is 12.2. The minimum atomic E-state index is -0.0360. The zero-order chi connectivity index (χ0) is 18.0. The van der Waals surface area contributed by atoms with Gasteiger partial charge in [0.1, 0.15) is 0 Å². The summed E-state index contributed by atoms with van der Waals surface area (Å²) in [6.45, 7) is 12.3. The summed E-state index contributed by atoms with van der Waals surface area (Å²) in [5.41, 5.74) is 0.951. The molecule has 0 spiro atoms. The Bertz CT molecular complexity index is 766. The van der Waals surface area contributed by atoms with E-state index in [0.717, 1.165) is 49.7 Å². The first-order chi connectivity index (χ1) is 11.8. The van der Waals surface area contributed by atoms with Crippen LogP contribution in [-0.4, -0.2) is 32.8 Å². The Morgan fingerprint density at radius 2 is 1.96 bits per heavy atom. The molecule has 0 aromatic carbocycles. The molecule has 136 valence electrons. The van der Waals surface area contributed by atoms with Crippen molar-refractivity contribution in [1.29, 1.82) is 0 Å². The van der Waals surface area contributed by atoms with Gasteiger partial charge in [-0.3, -0.25) is 9.69 Å². The van der Waals surface area contributed by atoms with Crippen LogP contribution in [0.4, 0.5) is 0 Å². The highest BCUT2D eigenvalue weighted by atomic mass is 32.1. The van der Waals surface area contributed by atoms with Crippen molar-refractivity contribution in [1.82, 2.24) is 19.7 Å². The second kappa shape index (κ2) is 7.38. The number of rotatable bonds is 4. The molecule has 0 N–H and O–H groups in total. The fraction of sp³-hybridized carbons (Fsp3) is 0.632. The highest BCUT2D eigenvalue weighted by molar-refractivity contribution is 7.11. The van der Waals surface area contributed by atoms with E-state index in [4.69, 9.17) is 0 Å². The molecule has 0 amide bonds. The molecule has 3 heterocycles. The van der Waals surface area contributed by atoms with Crippen LogP contribution in [0.1, 0.15) is 49.2 Å². The van der Waals surface area contributed by atoms with Gasteiger partial charge in [0, 0.05) is 35.6 Å². The van der Waals surface area contributed by atoms with Gasteiger partial charge in [-0.2, -0.15) is 5.10 Å². The molecule has 3 rings (SSSR count). The minimum Gasteiger partial charge on any atom is -0.298 e. The molecule has 0 atom stereocenters. The first-order valence-corrected chi connectivity index (χ1v) is 9.85. The molecule has 0 unspecified atom stereocenters. The highest BCUT2D eigenvalue weighted by Crippen LogP contribution is 2.23. The predicted molar refractivity (Wildman–Crippen MR) is 102 cm³/mol. The van der Waals surface area contributed by atoms with Crippen molar-refractivity contribution in [3.05, 3.63) is 44.3 Å². The van der Waals surface area contributed by atoms with Crippen LogP contribution in [0.25, 0.3) is 0 Å². The minimum absolute atomic E-state index is 0.00978. The maximum absolute atomic E-state index is 12.2. The smallest absolute Gasteiger partial charge is 0.266 e. The Labute approximate surface area is 153 Å². The van der Waals surface area contributed by atoms with Crippen molar-refractivity contribution in [2.24, 2.45) is 5.92 Å². The third-order valence-electron chi connectivity index (χ3n) is 4.82. The first-order valence-electron chi connectivity index (χ1n) is 9.03. The molecule has 2 aromatic rings. The lowest BCUT2D eigenvalue weighted by molar-refractivity contribution is 0.164. The van der Waals surface area contributed by atoms with E-state index >= 15 is 0 Å². The van der Waals surface area contributed by atoms with Crippen LogP contribution >= 0.6 is 11.3 Å². The monoisotopic (exact) mass is 360 g/mol. The van der Waals surface area contributed by atoms with Gasteiger partial charge in [0.15, 0.2) is 0 Å². The summed E-state index contributed by atoms with van der Waals surface area (Å²) in [5.74, 6) is 0.528. The van der Waals surface area contributed by atoms with Gasteiger partial charge in [0.05, 0.1) is 10.7 Å². The SMILES string of the molecule is Cc1ncc(CN2CCC(Cn3nc(C(C)(C)C)ccc3=O)CC2)s1. The maximum Gasteiger partial charge on any atom is 0.266 e. The molecule has 0 saturated carbocycles. The second-order valence-electron chi connectivity index (χ2n) is 8.05. The Kier molecular flexibility index (Phi) is 5.39. The van der Waals surface area contributed by atoms with Gasteiger partial charge >= 0.3 is 0 Å². The van der Waals surface area contributed by atoms with Gasteiger partial charge in [-0.15, -0.1) is 11.3 Å². The normalized spacial score (nSPS) is 17.1. The molecular weight excluding hydrogens is 332 g/mol. The van der Waals surface area contributed by atoms with E-state index in [2.05, 4.69) is 42.7 Å². The Morgan fingerprint density at radius 3 is 2.56 bits per heavy atom. The van der Waals surface area contributed by atoms with Crippen molar-refractivity contribution in [2.45, 2.75) is 59.0 Å². The number of aromatic nitrogens is 3. The van der Waals surface area contributed by atoms with E-state index < -0.39 is 0 Å². The molecule has 25 heavy (non-hydrogen) atoms. The first kappa shape index (κ1) is 18.3. The van der Waals surface area contributed by atoms with Gasteiger partial charge in [0.2, 0.25) is 0 Å². The molecular formula is C19H28N4OS. The average Bonchev–Trinajstić information content (AvgIpc) is 2.95. The summed E-state index contributed by atoms with van der Waals surface area (Å²) < 4.78 is 1.67. The van der Waals surface area contributed by atoms with Crippen LogP contribution in [0.2, 0.25) is 0 Å². The summed E-state index contributed by atoms with van der Waals surface area (Å²) in [6, 6.07) is 3.52. The third-order valence-corrected chi connectivity index (χ3v) is 5.72. The fourth-order valence-corrected chi connectivity index (χ4v) is 4.09. The highest BCUT2D eigenvalue weighted by Gasteiger charge is 2.22. The molecule has 2 aromatic heterocycles. The number of hydrogen-bond acceptors (Lipinski definition) is 5. The van der Waals surface area contributed by atoms with E-state index in [9.17, 15) is 4.79 Å². The second-order valence-corrected chi connectivity index (χ2v) is 9.37. The summed E-state index contributed by atoms with van der Waals surface area (Å²) in [4.78, 5) is 20.3. The summed E-state index contributed by atoms with van der Waals surface area (Å²) >= 11 is 1.78. The van der Waals surface area contributed by atoms with Crippen LogP contribution < -0.4 is 5.56 Å². The quantitative estimate of drug-likeness (QED) is 0.840. The molecule has 0 aliphatic carbocycles. The van der Waals surface area contributed by atoms with E-state index in [1.807, 2.05) is 12.3 Å². The lowest BCUT2D eigenvalue weighted by Crippen LogP contribution is -2.36. The van der Waals surface area contributed by atoms with Crippen LogP contribution in [0, 0.1) is 12.8 Å². The van der Waals surface area contributed by atoms with Crippen LogP contribution in [-0.2, 0) is 18.5 Å². The van der Waals surface area contributed by atoms with E-state index in [0.29, 0.717) is 5.92 Å². The van der Waals surface area contributed by atoms with Gasteiger partial charge in [0.25, 0.3) is 5.56 Å². The van der Waals surface area contributed by atoms with Crippen molar-refractivity contribution in [3.8, 4) is 0 Å². The zero-order valence-electron chi connectivity index (χ0n) is 15.7.